The molecule has 0 aliphatic rings. The van der Waals surface area contributed by atoms with E-state index in [-0.39, 0.29) is 28.8 Å². The lowest BCUT2D eigenvalue weighted by molar-refractivity contribution is 0.0910. The number of nitrogens with zero attached hydrogens (tertiary/aromatic N) is 2. The van der Waals surface area contributed by atoms with Crippen LogP contribution in [0.25, 0.3) is 0 Å². The van der Waals surface area contributed by atoms with Gasteiger partial charge in [-0.25, -0.2) is 12.8 Å². The van der Waals surface area contributed by atoms with Crippen molar-refractivity contribution in [3.8, 4) is 11.5 Å². The third-order valence-corrected chi connectivity index (χ3v) is 6.31. The maximum absolute atomic E-state index is 13.0. The second-order valence-electron chi connectivity index (χ2n) is 6.73. The first-order valence-corrected chi connectivity index (χ1v) is 11.3. The summed E-state index contributed by atoms with van der Waals surface area (Å²) < 4.78 is 53.0. The SMILES string of the molecule is COc1ccc(CCNC(=O)c2nc(CCS(=O)(=O)c3ccc(F)cc3)no2)cc1OC. The fraction of sp³-hybridized carbons (Fsp3) is 0.286. The smallest absolute Gasteiger partial charge is 0.315 e. The standard InChI is InChI=1S/C21H22FN3O6S/c1-29-17-8-3-14(13-18(17)30-2)9-11-23-20(26)21-24-19(25-31-21)10-12-32(27,28)16-6-4-15(22)5-7-16/h3-8,13H,9-12H2,1-2H3,(H,23,26). The molecule has 170 valence electrons. The minimum Gasteiger partial charge on any atom is -0.493 e. The maximum Gasteiger partial charge on any atom is 0.315 e. The number of sulfone groups is 1. The zero-order valence-electron chi connectivity index (χ0n) is 17.5. The molecule has 2 aromatic carbocycles. The molecule has 32 heavy (non-hydrogen) atoms. The molecule has 3 rings (SSSR count). The number of aromatic nitrogens is 2. The Kier molecular flexibility index (Phi) is 7.41. The molecule has 1 amide bonds. The van der Waals surface area contributed by atoms with Crippen LogP contribution in [0.3, 0.4) is 0 Å². The van der Waals surface area contributed by atoms with Gasteiger partial charge in [0.2, 0.25) is 0 Å². The van der Waals surface area contributed by atoms with Crippen LogP contribution < -0.4 is 14.8 Å². The largest absolute Gasteiger partial charge is 0.493 e. The lowest BCUT2D eigenvalue weighted by Gasteiger charge is -2.09. The lowest BCUT2D eigenvalue weighted by Crippen LogP contribution is -2.26. The lowest BCUT2D eigenvalue weighted by atomic mass is 10.1. The Hall–Kier alpha value is -3.47. The Bertz CT molecular complexity index is 1180. The molecule has 9 nitrogen and oxygen atoms in total. The van der Waals surface area contributed by atoms with Gasteiger partial charge in [-0.1, -0.05) is 11.2 Å². The van der Waals surface area contributed by atoms with Crippen molar-refractivity contribution in [2.24, 2.45) is 0 Å². The summed E-state index contributed by atoms with van der Waals surface area (Å²) in [6.45, 7) is 0.310. The van der Waals surface area contributed by atoms with Crippen molar-refractivity contribution >= 4 is 15.7 Å². The normalized spacial score (nSPS) is 11.2. The Morgan fingerprint density at radius 2 is 1.78 bits per heavy atom. The van der Waals surface area contributed by atoms with Gasteiger partial charge in [-0.15, -0.1) is 0 Å². The minimum atomic E-state index is -3.65. The van der Waals surface area contributed by atoms with E-state index in [0.717, 1.165) is 17.7 Å². The van der Waals surface area contributed by atoms with E-state index >= 15 is 0 Å². The van der Waals surface area contributed by atoms with Gasteiger partial charge in [-0.2, -0.15) is 4.98 Å². The molecule has 3 aromatic rings. The van der Waals surface area contributed by atoms with Crippen molar-refractivity contribution in [1.29, 1.82) is 0 Å². The highest BCUT2D eigenvalue weighted by atomic mass is 32.2. The number of rotatable bonds is 10. The molecule has 1 heterocycles. The first-order chi connectivity index (χ1) is 15.3. The van der Waals surface area contributed by atoms with Crippen molar-refractivity contribution in [2.75, 3.05) is 26.5 Å². The van der Waals surface area contributed by atoms with E-state index < -0.39 is 21.6 Å². The first kappa shape index (κ1) is 23.2. The summed E-state index contributed by atoms with van der Waals surface area (Å²) in [7, 11) is -0.557. The van der Waals surface area contributed by atoms with Crippen molar-refractivity contribution < 1.29 is 31.6 Å². The predicted molar refractivity (Wildman–Crippen MR) is 112 cm³/mol. The molecule has 0 radical (unpaired) electrons. The molecule has 1 aromatic heterocycles. The van der Waals surface area contributed by atoms with Crippen LogP contribution >= 0.6 is 0 Å². The molecule has 0 aliphatic heterocycles. The Labute approximate surface area is 184 Å². The predicted octanol–water partition coefficient (Wildman–Crippen LogP) is 2.21. The van der Waals surface area contributed by atoms with E-state index in [2.05, 4.69) is 15.5 Å². The van der Waals surface area contributed by atoms with Gasteiger partial charge in [0.05, 0.1) is 24.9 Å². The van der Waals surface area contributed by atoms with Gasteiger partial charge in [0.25, 0.3) is 0 Å². The molecule has 0 spiro atoms. The topological polar surface area (TPSA) is 121 Å². The third-order valence-electron chi connectivity index (χ3n) is 4.58. The minimum absolute atomic E-state index is 0.00414. The van der Waals surface area contributed by atoms with Crippen LogP contribution in [-0.2, 0) is 22.7 Å². The van der Waals surface area contributed by atoms with Gasteiger partial charge in [-0.3, -0.25) is 4.79 Å². The third kappa shape index (κ3) is 5.82. The van der Waals surface area contributed by atoms with Crippen LogP contribution in [0.15, 0.2) is 51.9 Å². The van der Waals surface area contributed by atoms with Crippen LogP contribution in [-0.4, -0.2) is 51.0 Å². The molecule has 11 heteroatoms. The van der Waals surface area contributed by atoms with Crippen LogP contribution in [0.2, 0.25) is 0 Å². The number of hydrogen-bond donors (Lipinski definition) is 1. The second kappa shape index (κ2) is 10.2. The fourth-order valence-electron chi connectivity index (χ4n) is 2.87. The number of methoxy groups -OCH3 is 2. The summed E-state index contributed by atoms with van der Waals surface area (Å²) in [4.78, 5) is 16.2. The van der Waals surface area contributed by atoms with Crippen LogP contribution in [0, 0.1) is 5.82 Å². The Balaban J connectivity index is 1.51. The van der Waals surface area contributed by atoms with Gasteiger partial charge in [0.15, 0.2) is 27.2 Å². The molecule has 0 bridgehead atoms. The van der Waals surface area contributed by atoms with E-state index in [1.165, 1.54) is 12.1 Å². The Morgan fingerprint density at radius 3 is 2.47 bits per heavy atom. The molecule has 1 N–H and O–H groups in total. The molecular formula is C21H22FN3O6S. The number of ether oxygens (including phenoxy) is 2. The maximum atomic E-state index is 13.0. The monoisotopic (exact) mass is 463 g/mol. The van der Waals surface area contributed by atoms with Gasteiger partial charge in [0.1, 0.15) is 5.82 Å². The van der Waals surface area contributed by atoms with Gasteiger partial charge < -0.3 is 19.3 Å². The molecule has 0 atom stereocenters. The van der Waals surface area contributed by atoms with Crippen molar-refractivity contribution in [2.45, 2.75) is 17.7 Å². The summed E-state index contributed by atoms with van der Waals surface area (Å²) in [5.74, 6) is -0.367. The van der Waals surface area contributed by atoms with E-state index in [4.69, 9.17) is 14.0 Å². The zero-order chi connectivity index (χ0) is 23.1. The highest BCUT2D eigenvalue weighted by Gasteiger charge is 2.19. The van der Waals surface area contributed by atoms with Gasteiger partial charge in [-0.05, 0) is 48.4 Å². The van der Waals surface area contributed by atoms with Crippen molar-refractivity contribution in [1.82, 2.24) is 15.5 Å². The quantitative estimate of drug-likeness (QED) is 0.455. The number of carbonyl (C=O) groups is 1. The van der Waals surface area contributed by atoms with E-state index in [9.17, 15) is 17.6 Å². The summed E-state index contributed by atoms with van der Waals surface area (Å²) in [6, 6.07) is 9.99. The van der Waals surface area contributed by atoms with Crippen molar-refractivity contribution in [3.05, 3.63) is 65.6 Å². The molecule has 0 saturated carbocycles. The average molecular weight is 463 g/mol. The fourth-order valence-corrected chi connectivity index (χ4v) is 4.10. The van der Waals surface area contributed by atoms with Gasteiger partial charge >= 0.3 is 11.8 Å². The number of benzene rings is 2. The highest BCUT2D eigenvalue weighted by molar-refractivity contribution is 7.91. The number of amides is 1. The first-order valence-electron chi connectivity index (χ1n) is 9.62. The van der Waals surface area contributed by atoms with E-state index in [0.29, 0.717) is 24.5 Å². The van der Waals surface area contributed by atoms with E-state index in [1.807, 2.05) is 12.1 Å². The highest BCUT2D eigenvalue weighted by Crippen LogP contribution is 2.27. The molecule has 0 unspecified atom stereocenters. The molecule has 0 fully saturated rings. The number of hydrogen-bond acceptors (Lipinski definition) is 8. The van der Waals surface area contributed by atoms with Crippen LogP contribution in [0.4, 0.5) is 4.39 Å². The molecule has 0 aliphatic carbocycles. The molecular weight excluding hydrogens is 441 g/mol. The number of carbonyl (C=O) groups excluding carboxylic acids is 1. The Morgan fingerprint density at radius 1 is 1.06 bits per heavy atom. The zero-order valence-corrected chi connectivity index (χ0v) is 18.3. The average Bonchev–Trinajstić information content (AvgIpc) is 3.27. The summed E-state index contributed by atoms with van der Waals surface area (Å²) >= 11 is 0. The summed E-state index contributed by atoms with van der Waals surface area (Å²) in [6.07, 6.45) is 0.477. The van der Waals surface area contributed by atoms with E-state index in [1.54, 1.807) is 20.3 Å². The summed E-state index contributed by atoms with van der Waals surface area (Å²) in [5, 5.41) is 6.32. The summed E-state index contributed by atoms with van der Waals surface area (Å²) in [5.41, 5.74) is 0.931. The van der Waals surface area contributed by atoms with Gasteiger partial charge in [0, 0.05) is 13.0 Å². The van der Waals surface area contributed by atoms with Crippen LogP contribution in [0.5, 0.6) is 11.5 Å². The van der Waals surface area contributed by atoms with Crippen LogP contribution in [0.1, 0.15) is 22.1 Å². The van der Waals surface area contributed by atoms with Crippen molar-refractivity contribution in [3.63, 3.8) is 0 Å². The number of nitrogens with one attached hydrogen (secondary N) is 1. The second-order valence-corrected chi connectivity index (χ2v) is 8.84. The number of halogens is 1. The number of aryl methyl sites for hydroxylation is 1. The molecule has 0 saturated heterocycles.